The second-order valence-corrected chi connectivity index (χ2v) is 8.06. The van der Waals surface area contributed by atoms with Gasteiger partial charge in [0.15, 0.2) is 0 Å². The van der Waals surface area contributed by atoms with E-state index in [0.717, 1.165) is 83.0 Å². The minimum Gasteiger partial charge on any atom is -0.372 e. The van der Waals surface area contributed by atoms with Crippen LogP contribution in [-0.4, -0.2) is 65.9 Å². The van der Waals surface area contributed by atoms with Crippen LogP contribution in [0.2, 0.25) is 0 Å². The molecule has 1 aromatic rings. The van der Waals surface area contributed by atoms with Crippen molar-refractivity contribution in [1.82, 2.24) is 20.3 Å². The highest BCUT2D eigenvalue weighted by molar-refractivity contribution is 5.74. The first-order valence-corrected chi connectivity index (χ1v) is 9.88. The second-order valence-electron chi connectivity index (χ2n) is 8.06. The Morgan fingerprint density at radius 3 is 2.77 bits per heavy atom. The number of rotatable bonds is 5. The minimum atomic E-state index is -0.0165. The molecule has 0 bridgehead atoms. The number of urea groups is 1. The lowest BCUT2D eigenvalue weighted by Crippen LogP contribution is -2.64. The molecule has 144 valence electrons. The highest BCUT2D eigenvalue weighted by atomic mass is 16.5. The summed E-state index contributed by atoms with van der Waals surface area (Å²) in [7, 11) is 0. The summed E-state index contributed by atoms with van der Waals surface area (Å²) in [5.41, 5.74) is 2.17. The number of aryl methyl sites for hydroxylation is 2. The van der Waals surface area contributed by atoms with Crippen molar-refractivity contribution in [2.75, 3.05) is 39.3 Å². The Hall–Kier alpha value is -1.60. The van der Waals surface area contributed by atoms with Gasteiger partial charge in [-0.15, -0.1) is 0 Å². The summed E-state index contributed by atoms with van der Waals surface area (Å²) in [6, 6.07) is 0.101. The van der Waals surface area contributed by atoms with E-state index in [4.69, 9.17) is 9.26 Å². The van der Waals surface area contributed by atoms with Gasteiger partial charge in [0.25, 0.3) is 0 Å². The van der Waals surface area contributed by atoms with Gasteiger partial charge < -0.3 is 19.5 Å². The van der Waals surface area contributed by atoms with Crippen LogP contribution in [0.25, 0.3) is 0 Å². The molecule has 3 aliphatic heterocycles. The van der Waals surface area contributed by atoms with Crippen LogP contribution in [0.1, 0.15) is 42.7 Å². The maximum atomic E-state index is 12.1. The van der Waals surface area contributed by atoms with Gasteiger partial charge in [0.1, 0.15) is 5.76 Å². The van der Waals surface area contributed by atoms with Gasteiger partial charge in [-0.3, -0.25) is 4.90 Å². The fourth-order valence-electron chi connectivity index (χ4n) is 4.70. The molecule has 1 unspecified atom stereocenters. The zero-order chi connectivity index (χ0) is 18.1. The fourth-order valence-corrected chi connectivity index (χ4v) is 4.70. The molecule has 3 saturated heterocycles. The standard InChI is InChI=1S/C19H30N4O3/c1-14-17(15(2)26-21-14)11-22-12-19(13-22)16(6-10-25-19)5-7-20-18(24)23-8-3-4-9-23/h16H,3-13H2,1-2H3,(H,20,24). The third-order valence-electron chi connectivity index (χ3n) is 6.31. The molecule has 0 aromatic carbocycles. The van der Waals surface area contributed by atoms with E-state index in [2.05, 4.69) is 15.4 Å². The maximum Gasteiger partial charge on any atom is 0.317 e. The number of aromatic nitrogens is 1. The van der Waals surface area contributed by atoms with Crippen LogP contribution in [0.3, 0.4) is 0 Å². The molecule has 3 aliphatic rings. The molecule has 3 fully saturated rings. The SMILES string of the molecule is Cc1noc(C)c1CN1CC2(C1)OCCC2CCNC(=O)N1CCCC1. The van der Waals surface area contributed by atoms with Gasteiger partial charge in [0.2, 0.25) is 0 Å². The average molecular weight is 362 g/mol. The molecule has 0 saturated carbocycles. The van der Waals surface area contributed by atoms with Crippen LogP contribution >= 0.6 is 0 Å². The lowest BCUT2D eigenvalue weighted by Gasteiger charge is -2.50. The van der Waals surface area contributed by atoms with Crippen molar-refractivity contribution in [3.8, 4) is 0 Å². The number of hydrogen-bond donors (Lipinski definition) is 1. The summed E-state index contributed by atoms with van der Waals surface area (Å²) in [6.07, 6.45) is 4.36. The molecule has 1 N–H and O–H groups in total. The monoisotopic (exact) mass is 362 g/mol. The molecule has 1 aromatic heterocycles. The molecule has 4 heterocycles. The van der Waals surface area contributed by atoms with Crippen molar-refractivity contribution >= 4 is 6.03 Å². The first kappa shape index (κ1) is 17.8. The Labute approximate surface area is 155 Å². The molecule has 7 nitrogen and oxygen atoms in total. The Bertz CT molecular complexity index is 628. The summed E-state index contributed by atoms with van der Waals surface area (Å²) in [5.74, 6) is 1.44. The number of nitrogens with zero attached hydrogens (tertiary/aromatic N) is 3. The van der Waals surface area contributed by atoms with E-state index in [9.17, 15) is 4.79 Å². The highest BCUT2D eigenvalue weighted by Gasteiger charge is 2.52. The van der Waals surface area contributed by atoms with Crippen LogP contribution in [-0.2, 0) is 11.3 Å². The topological polar surface area (TPSA) is 70.8 Å². The lowest BCUT2D eigenvalue weighted by molar-refractivity contribution is -0.136. The molecule has 26 heavy (non-hydrogen) atoms. The number of likely N-dealkylation sites (tertiary alicyclic amines) is 2. The number of amides is 2. The molecular weight excluding hydrogens is 332 g/mol. The summed E-state index contributed by atoms with van der Waals surface area (Å²) in [6.45, 7) is 10.2. The maximum absolute atomic E-state index is 12.1. The van der Waals surface area contributed by atoms with Crippen molar-refractivity contribution in [1.29, 1.82) is 0 Å². The van der Waals surface area contributed by atoms with E-state index in [0.29, 0.717) is 5.92 Å². The Balaban J connectivity index is 1.24. The minimum absolute atomic E-state index is 0.0165. The number of carbonyl (C=O) groups excluding carboxylic acids is 1. The normalized spacial score (nSPS) is 25.0. The summed E-state index contributed by atoms with van der Waals surface area (Å²) < 4.78 is 11.4. The van der Waals surface area contributed by atoms with Gasteiger partial charge >= 0.3 is 6.03 Å². The van der Waals surface area contributed by atoms with E-state index in [-0.39, 0.29) is 11.6 Å². The van der Waals surface area contributed by atoms with Crippen LogP contribution in [0, 0.1) is 19.8 Å². The van der Waals surface area contributed by atoms with E-state index < -0.39 is 0 Å². The van der Waals surface area contributed by atoms with Crippen molar-refractivity contribution in [2.45, 2.75) is 51.7 Å². The summed E-state index contributed by atoms with van der Waals surface area (Å²) in [5, 5.41) is 7.14. The third-order valence-corrected chi connectivity index (χ3v) is 6.31. The van der Waals surface area contributed by atoms with Gasteiger partial charge in [-0.2, -0.15) is 0 Å². The largest absolute Gasteiger partial charge is 0.372 e. The molecule has 1 atom stereocenters. The second kappa shape index (κ2) is 7.19. The zero-order valence-corrected chi connectivity index (χ0v) is 15.9. The summed E-state index contributed by atoms with van der Waals surface area (Å²) >= 11 is 0. The van der Waals surface area contributed by atoms with Gasteiger partial charge in [-0.1, -0.05) is 5.16 Å². The fraction of sp³-hybridized carbons (Fsp3) is 0.789. The summed E-state index contributed by atoms with van der Waals surface area (Å²) in [4.78, 5) is 16.5. The Morgan fingerprint density at radius 1 is 1.31 bits per heavy atom. The molecule has 0 radical (unpaired) electrons. The molecule has 4 rings (SSSR count). The van der Waals surface area contributed by atoms with Gasteiger partial charge in [0.05, 0.1) is 11.3 Å². The molecular formula is C19H30N4O3. The quantitative estimate of drug-likeness (QED) is 0.868. The Kier molecular flexibility index (Phi) is 4.92. The smallest absolute Gasteiger partial charge is 0.317 e. The van der Waals surface area contributed by atoms with Crippen molar-refractivity contribution in [2.24, 2.45) is 5.92 Å². The number of nitrogens with one attached hydrogen (secondary N) is 1. The van der Waals surface area contributed by atoms with Gasteiger partial charge in [-0.05, 0) is 45.4 Å². The van der Waals surface area contributed by atoms with E-state index >= 15 is 0 Å². The molecule has 1 spiro atoms. The molecule has 7 heteroatoms. The molecule has 0 aliphatic carbocycles. The number of hydrogen-bond acceptors (Lipinski definition) is 5. The number of carbonyl (C=O) groups is 1. The Morgan fingerprint density at radius 2 is 2.08 bits per heavy atom. The van der Waals surface area contributed by atoms with Gasteiger partial charge in [0, 0.05) is 51.4 Å². The van der Waals surface area contributed by atoms with Crippen LogP contribution in [0.15, 0.2) is 4.52 Å². The van der Waals surface area contributed by atoms with Crippen molar-refractivity contribution < 1.29 is 14.1 Å². The third kappa shape index (κ3) is 3.34. The lowest BCUT2D eigenvalue weighted by atomic mass is 9.78. The zero-order valence-electron chi connectivity index (χ0n) is 15.9. The van der Waals surface area contributed by atoms with Crippen LogP contribution in [0.4, 0.5) is 4.79 Å². The van der Waals surface area contributed by atoms with E-state index in [1.54, 1.807) is 0 Å². The number of ether oxygens (including phenoxy) is 1. The van der Waals surface area contributed by atoms with Crippen molar-refractivity contribution in [3.63, 3.8) is 0 Å². The van der Waals surface area contributed by atoms with Crippen LogP contribution < -0.4 is 5.32 Å². The predicted octanol–water partition coefficient (Wildman–Crippen LogP) is 2.08. The molecule has 2 amide bonds. The highest BCUT2D eigenvalue weighted by Crippen LogP contribution is 2.42. The first-order chi connectivity index (χ1) is 12.6. The van der Waals surface area contributed by atoms with Crippen molar-refractivity contribution in [3.05, 3.63) is 17.0 Å². The van der Waals surface area contributed by atoms with Gasteiger partial charge in [-0.25, -0.2) is 4.79 Å². The first-order valence-electron chi connectivity index (χ1n) is 9.88. The average Bonchev–Trinajstić information content (AvgIpc) is 3.31. The van der Waals surface area contributed by atoms with Crippen LogP contribution in [0.5, 0.6) is 0 Å². The van der Waals surface area contributed by atoms with E-state index in [1.807, 2.05) is 18.7 Å². The predicted molar refractivity (Wildman–Crippen MR) is 96.9 cm³/mol. The van der Waals surface area contributed by atoms with E-state index in [1.165, 1.54) is 5.56 Å².